The largest absolute Gasteiger partial charge is 0.490 e. The number of nitrogens with zero attached hydrogens (tertiary/aromatic N) is 2. The highest BCUT2D eigenvalue weighted by molar-refractivity contribution is 6.61. The number of anilines is 6. The van der Waals surface area contributed by atoms with E-state index in [9.17, 15) is 10.0 Å². The monoisotopic (exact) mass is 956 g/mol. The summed E-state index contributed by atoms with van der Waals surface area (Å²) in [4.78, 5) is 4.27. The van der Waals surface area contributed by atoms with Crippen molar-refractivity contribution >= 4 is 80.2 Å². The Hall–Kier alpha value is -6.57. The van der Waals surface area contributed by atoms with Crippen LogP contribution in [0.25, 0.3) is 44.2 Å². The molecule has 0 aliphatic heterocycles. The SMILES string of the molecule is CC(C)(C)c1ccc(N(c2ccc(C(C)(C)C)cc2)c2cccc(N(c3ccc(C(C)(C)C)cc3)c3ccc(-c4ccc(C(C)(C)C)cc4-c4ccc5oc6ccccc6c5c4)cc3B(O)O)c2Cl)cc1. The lowest BCUT2D eigenvalue weighted by Gasteiger charge is -2.33. The molecule has 1 aromatic heterocycles. The van der Waals surface area contributed by atoms with Crippen LogP contribution < -0.4 is 15.3 Å². The van der Waals surface area contributed by atoms with Crippen LogP contribution in [0.2, 0.25) is 5.02 Å². The van der Waals surface area contributed by atoms with Gasteiger partial charge in [-0.25, -0.2) is 0 Å². The highest BCUT2D eigenvalue weighted by Gasteiger charge is 2.29. The summed E-state index contributed by atoms with van der Waals surface area (Å²) in [7, 11) is -1.83. The number of hydrogen-bond donors (Lipinski definition) is 2. The van der Waals surface area contributed by atoms with E-state index in [1.165, 1.54) is 22.3 Å². The van der Waals surface area contributed by atoms with Crippen LogP contribution in [-0.2, 0) is 21.7 Å². The van der Waals surface area contributed by atoms with Crippen molar-refractivity contribution in [2.24, 2.45) is 0 Å². The average molecular weight is 958 g/mol. The second kappa shape index (κ2) is 18.6. The van der Waals surface area contributed by atoms with E-state index in [1.807, 2.05) is 48.5 Å². The van der Waals surface area contributed by atoms with Crippen LogP contribution in [-0.4, -0.2) is 17.2 Å². The fraction of sp³-hybridized carbons (Fsp3) is 0.250. The molecule has 8 aromatic carbocycles. The standard InChI is InChI=1S/C64H66BClN2O3/c1-61(2,3)43-22-29-47(30-23-43)67(48-31-24-44(25-32-48)62(4,5)6)56-17-15-18-57(60(56)66)68(49-33-26-45(27-34-49)63(7,8)9)55-36-20-42(39-54(55)65(69)70)50-35-28-46(64(10,11)12)40-52(50)41-21-37-59-53(38-41)51-16-13-14-19-58(51)71-59/h13-40,69-70H,1-12H3. The maximum absolute atomic E-state index is 11.5. The second-order valence-electron chi connectivity index (χ2n) is 23.1. The molecule has 0 saturated carbocycles. The molecule has 0 amide bonds. The Balaban J connectivity index is 1.24. The molecule has 0 atom stereocenters. The molecule has 9 rings (SSSR count). The molecule has 0 bridgehead atoms. The zero-order valence-corrected chi connectivity index (χ0v) is 44.1. The van der Waals surface area contributed by atoms with E-state index in [0.717, 1.165) is 66.9 Å². The van der Waals surface area contributed by atoms with Gasteiger partial charge >= 0.3 is 7.12 Å². The number of furan rings is 1. The van der Waals surface area contributed by atoms with Gasteiger partial charge in [0.2, 0.25) is 0 Å². The van der Waals surface area contributed by atoms with Crippen molar-refractivity contribution in [1.82, 2.24) is 0 Å². The third kappa shape index (κ3) is 9.91. The topological polar surface area (TPSA) is 60.1 Å². The van der Waals surface area contributed by atoms with E-state index in [1.54, 1.807) is 0 Å². The summed E-state index contributed by atoms with van der Waals surface area (Å²) in [5, 5.41) is 25.7. The Bertz CT molecular complexity index is 3320. The highest BCUT2D eigenvalue weighted by atomic mass is 35.5. The van der Waals surface area contributed by atoms with Crippen molar-refractivity contribution in [3.8, 4) is 22.3 Å². The predicted molar refractivity (Wildman–Crippen MR) is 304 cm³/mol. The Morgan fingerprint density at radius 3 is 1.37 bits per heavy atom. The summed E-state index contributed by atoms with van der Waals surface area (Å²) in [6.45, 7) is 26.6. The van der Waals surface area contributed by atoms with Gasteiger partial charge in [0.25, 0.3) is 0 Å². The number of para-hydroxylation sites is 1. The minimum atomic E-state index is -1.83. The lowest BCUT2D eigenvalue weighted by atomic mass is 9.76. The first-order valence-electron chi connectivity index (χ1n) is 24.7. The Morgan fingerprint density at radius 2 is 0.845 bits per heavy atom. The van der Waals surface area contributed by atoms with Crippen LogP contribution in [0.15, 0.2) is 174 Å². The normalized spacial score (nSPS) is 12.4. The van der Waals surface area contributed by atoms with Crippen molar-refractivity contribution in [3.63, 3.8) is 0 Å². The predicted octanol–water partition coefficient (Wildman–Crippen LogP) is 17.4. The molecule has 5 nitrogen and oxygen atoms in total. The number of benzene rings is 8. The lowest BCUT2D eigenvalue weighted by Crippen LogP contribution is -2.34. The highest BCUT2D eigenvalue weighted by Crippen LogP contribution is 2.48. The van der Waals surface area contributed by atoms with E-state index in [4.69, 9.17) is 16.0 Å². The van der Waals surface area contributed by atoms with Crippen LogP contribution in [0.5, 0.6) is 0 Å². The molecule has 0 aliphatic carbocycles. The summed E-state index contributed by atoms with van der Waals surface area (Å²) in [6, 6.07) is 59.1. The van der Waals surface area contributed by atoms with E-state index in [0.29, 0.717) is 21.9 Å². The third-order valence-electron chi connectivity index (χ3n) is 13.8. The quantitative estimate of drug-likeness (QED) is 0.141. The summed E-state index contributed by atoms with van der Waals surface area (Å²) >= 11 is 7.86. The van der Waals surface area contributed by atoms with E-state index >= 15 is 0 Å². The zero-order chi connectivity index (χ0) is 50.8. The Kier molecular flexibility index (Phi) is 12.9. The maximum atomic E-state index is 11.5. The first kappa shape index (κ1) is 49.4. The molecule has 1 heterocycles. The molecule has 0 aliphatic rings. The fourth-order valence-electron chi connectivity index (χ4n) is 9.55. The number of rotatable bonds is 9. The van der Waals surface area contributed by atoms with E-state index < -0.39 is 7.12 Å². The van der Waals surface area contributed by atoms with Gasteiger partial charge in [-0.05, 0) is 139 Å². The molecule has 0 radical (unpaired) electrons. The number of halogens is 1. The van der Waals surface area contributed by atoms with Gasteiger partial charge in [-0.15, -0.1) is 0 Å². The molecular formula is C64H66BClN2O3. The molecule has 0 saturated heterocycles. The smallest absolute Gasteiger partial charge is 0.456 e. The number of hydrogen-bond acceptors (Lipinski definition) is 5. The van der Waals surface area contributed by atoms with Crippen molar-refractivity contribution < 1.29 is 14.5 Å². The summed E-state index contributed by atoms with van der Waals surface area (Å²) in [6.07, 6.45) is 0. The fourth-order valence-corrected chi connectivity index (χ4v) is 9.84. The van der Waals surface area contributed by atoms with E-state index in [-0.39, 0.29) is 21.7 Å². The van der Waals surface area contributed by atoms with Gasteiger partial charge in [0.1, 0.15) is 11.2 Å². The molecule has 7 heteroatoms. The second-order valence-corrected chi connectivity index (χ2v) is 23.5. The maximum Gasteiger partial charge on any atom is 0.490 e. The van der Waals surface area contributed by atoms with Gasteiger partial charge < -0.3 is 24.3 Å². The average Bonchev–Trinajstić information content (AvgIpc) is 3.70. The molecule has 360 valence electrons. The lowest BCUT2D eigenvalue weighted by molar-refractivity contribution is 0.426. The summed E-state index contributed by atoms with van der Waals surface area (Å²) in [5.41, 5.74) is 15.3. The van der Waals surface area contributed by atoms with Crippen molar-refractivity contribution in [2.75, 3.05) is 9.80 Å². The molecule has 0 fully saturated rings. The van der Waals surface area contributed by atoms with Gasteiger partial charge in [-0.3, -0.25) is 0 Å². The van der Waals surface area contributed by atoms with Crippen molar-refractivity contribution in [2.45, 2.75) is 105 Å². The third-order valence-corrected chi connectivity index (χ3v) is 14.2. The van der Waals surface area contributed by atoms with Gasteiger partial charge in [0.05, 0.1) is 16.4 Å². The van der Waals surface area contributed by atoms with Crippen LogP contribution in [0.4, 0.5) is 34.1 Å². The van der Waals surface area contributed by atoms with Crippen LogP contribution in [0.3, 0.4) is 0 Å². The minimum Gasteiger partial charge on any atom is -0.456 e. The van der Waals surface area contributed by atoms with Gasteiger partial charge in [0, 0.05) is 39.0 Å². The van der Waals surface area contributed by atoms with Gasteiger partial charge in [-0.2, -0.15) is 0 Å². The molecule has 9 aromatic rings. The van der Waals surface area contributed by atoms with Crippen LogP contribution in [0, 0.1) is 0 Å². The van der Waals surface area contributed by atoms with E-state index in [2.05, 4.69) is 214 Å². The zero-order valence-electron chi connectivity index (χ0n) is 43.3. The summed E-state index contributed by atoms with van der Waals surface area (Å²) < 4.78 is 6.24. The van der Waals surface area contributed by atoms with Crippen molar-refractivity contribution in [3.05, 3.63) is 197 Å². The molecule has 2 N–H and O–H groups in total. The Morgan fingerprint density at radius 1 is 0.394 bits per heavy atom. The number of fused-ring (bicyclic) bond motifs is 3. The minimum absolute atomic E-state index is 0.0236. The molecule has 0 spiro atoms. The van der Waals surface area contributed by atoms with Crippen LogP contribution in [0.1, 0.15) is 105 Å². The molecule has 71 heavy (non-hydrogen) atoms. The van der Waals surface area contributed by atoms with Crippen molar-refractivity contribution in [1.29, 1.82) is 0 Å². The molecule has 0 unspecified atom stereocenters. The van der Waals surface area contributed by atoms with Gasteiger partial charge in [-0.1, -0.05) is 192 Å². The summed E-state index contributed by atoms with van der Waals surface area (Å²) in [5.74, 6) is 0. The Labute approximate surface area is 426 Å². The first-order chi connectivity index (χ1) is 33.5. The molecular weight excluding hydrogens is 891 g/mol. The van der Waals surface area contributed by atoms with Gasteiger partial charge in [0.15, 0.2) is 0 Å². The van der Waals surface area contributed by atoms with Crippen LogP contribution >= 0.6 is 11.6 Å². The first-order valence-corrected chi connectivity index (χ1v) is 25.1.